The van der Waals surface area contributed by atoms with Crippen molar-refractivity contribution in [1.82, 2.24) is 19.7 Å². The molecule has 0 radical (unpaired) electrons. The van der Waals surface area contributed by atoms with E-state index in [1.54, 1.807) is 0 Å². The average molecular weight is 450 g/mol. The standard InChI is InChI=1S/C23H23N5OS2/c1-3-28-20(13-17-7-5-4-6-8-17)26-27-23(28)31-15-21(29)25-22-24-19(14-30-22)18-11-9-16(2)10-12-18/h4-12,14H,3,13,15H2,1-2H3,(H,24,25,29). The van der Waals surface area contributed by atoms with Crippen molar-refractivity contribution in [1.29, 1.82) is 0 Å². The number of aromatic nitrogens is 4. The summed E-state index contributed by atoms with van der Waals surface area (Å²) < 4.78 is 2.06. The average Bonchev–Trinajstić information content (AvgIpc) is 3.40. The highest BCUT2D eigenvalue weighted by Gasteiger charge is 2.14. The molecule has 2 aromatic carbocycles. The van der Waals surface area contributed by atoms with E-state index in [4.69, 9.17) is 0 Å². The van der Waals surface area contributed by atoms with Crippen molar-refractivity contribution in [3.05, 3.63) is 76.9 Å². The number of hydrogen-bond donors (Lipinski definition) is 1. The Morgan fingerprint density at radius 3 is 2.61 bits per heavy atom. The Bertz CT molecular complexity index is 1150. The molecule has 0 aliphatic rings. The van der Waals surface area contributed by atoms with Gasteiger partial charge in [-0.25, -0.2) is 4.98 Å². The van der Waals surface area contributed by atoms with E-state index < -0.39 is 0 Å². The maximum absolute atomic E-state index is 12.5. The Balaban J connectivity index is 1.35. The molecule has 31 heavy (non-hydrogen) atoms. The maximum atomic E-state index is 12.5. The quantitative estimate of drug-likeness (QED) is 0.381. The summed E-state index contributed by atoms with van der Waals surface area (Å²) >= 11 is 2.82. The Kier molecular flexibility index (Phi) is 6.79. The normalized spacial score (nSPS) is 10.9. The molecule has 0 atom stereocenters. The molecular weight excluding hydrogens is 426 g/mol. The van der Waals surface area contributed by atoms with Crippen LogP contribution in [-0.4, -0.2) is 31.4 Å². The molecule has 0 bridgehead atoms. The number of rotatable bonds is 8. The summed E-state index contributed by atoms with van der Waals surface area (Å²) in [5.41, 5.74) is 4.30. The van der Waals surface area contributed by atoms with Gasteiger partial charge in [-0.15, -0.1) is 21.5 Å². The number of carbonyl (C=O) groups is 1. The van der Waals surface area contributed by atoms with Crippen LogP contribution in [0.3, 0.4) is 0 Å². The van der Waals surface area contributed by atoms with Crippen molar-refractivity contribution in [2.75, 3.05) is 11.1 Å². The first-order valence-corrected chi connectivity index (χ1v) is 11.9. The Labute approximate surface area is 189 Å². The van der Waals surface area contributed by atoms with Gasteiger partial charge < -0.3 is 9.88 Å². The van der Waals surface area contributed by atoms with E-state index in [1.807, 2.05) is 35.7 Å². The number of nitrogens with zero attached hydrogens (tertiary/aromatic N) is 4. The van der Waals surface area contributed by atoms with Gasteiger partial charge in [0.15, 0.2) is 10.3 Å². The number of thioether (sulfide) groups is 1. The molecule has 8 heteroatoms. The van der Waals surface area contributed by atoms with Gasteiger partial charge in [-0.2, -0.15) is 0 Å². The van der Waals surface area contributed by atoms with Crippen molar-refractivity contribution < 1.29 is 4.79 Å². The molecule has 4 aromatic rings. The highest BCUT2D eigenvalue weighted by Crippen LogP contribution is 2.26. The topological polar surface area (TPSA) is 72.7 Å². The van der Waals surface area contributed by atoms with Crippen molar-refractivity contribution >= 4 is 34.1 Å². The zero-order valence-electron chi connectivity index (χ0n) is 17.4. The van der Waals surface area contributed by atoms with Crippen LogP contribution >= 0.6 is 23.1 Å². The molecule has 0 saturated carbocycles. The van der Waals surface area contributed by atoms with Crippen LogP contribution in [0.25, 0.3) is 11.3 Å². The fraction of sp³-hybridized carbons (Fsp3) is 0.217. The van der Waals surface area contributed by atoms with E-state index in [1.165, 1.54) is 34.2 Å². The number of benzene rings is 2. The van der Waals surface area contributed by atoms with Crippen LogP contribution in [0.5, 0.6) is 0 Å². The maximum Gasteiger partial charge on any atom is 0.236 e. The summed E-state index contributed by atoms with van der Waals surface area (Å²) in [5.74, 6) is 1.05. The van der Waals surface area contributed by atoms with Crippen molar-refractivity contribution in [3.8, 4) is 11.3 Å². The first kappa shape index (κ1) is 21.3. The minimum atomic E-state index is -0.106. The number of anilines is 1. The Hall–Kier alpha value is -2.97. The monoisotopic (exact) mass is 449 g/mol. The number of amides is 1. The number of nitrogens with one attached hydrogen (secondary N) is 1. The molecule has 0 fully saturated rings. The van der Waals surface area contributed by atoms with Gasteiger partial charge in [0.05, 0.1) is 11.4 Å². The lowest BCUT2D eigenvalue weighted by molar-refractivity contribution is -0.113. The van der Waals surface area contributed by atoms with Crippen molar-refractivity contribution in [2.24, 2.45) is 0 Å². The third kappa shape index (κ3) is 5.39. The van der Waals surface area contributed by atoms with E-state index >= 15 is 0 Å². The summed E-state index contributed by atoms with van der Waals surface area (Å²) in [6.07, 6.45) is 0.718. The van der Waals surface area contributed by atoms with Crippen LogP contribution < -0.4 is 5.32 Å². The minimum Gasteiger partial charge on any atom is -0.306 e. The van der Waals surface area contributed by atoms with Crippen LogP contribution in [0.1, 0.15) is 23.9 Å². The van der Waals surface area contributed by atoms with Crippen LogP contribution in [0.15, 0.2) is 65.1 Å². The molecular formula is C23H23N5OS2. The second-order valence-electron chi connectivity index (χ2n) is 7.05. The molecule has 6 nitrogen and oxygen atoms in total. The van der Waals surface area contributed by atoms with Gasteiger partial charge in [-0.05, 0) is 19.4 Å². The number of hydrogen-bond acceptors (Lipinski definition) is 6. The highest BCUT2D eigenvalue weighted by molar-refractivity contribution is 7.99. The summed E-state index contributed by atoms with van der Waals surface area (Å²) in [6.45, 7) is 4.87. The van der Waals surface area contributed by atoms with Gasteiger partial charge in [-0.1, -0.05) is 71.9 Å². The van der Waals surface area contributed by atoms with Gasteiger partial charge in [0.1, 0.15) is 5.82 Å². The van der Waals surface area contributed by atoms with Gasteiger partial charge in [-0.3, -0.25) is 4.79 Å². The van der Waals surface area contributed by atoms with Gasteiger partial charge in [0.2, 0.25) is 5.91 Å². The first-order valence-electron chi connectivity index (χ1n) is 10.0. The second-order valence-corrected chi connectivity index (χ2v) is 8.85. The Morgan fingerprint density at radius 1 is 1.10 bits per heavy atom. The number of carbonyl (C=O) groups excluding carboxylic acids is 1. The minimum absolute atomic E-state index is 0.106. The van der Waals surface area contributed by atoms with Crippen LogP contribution in [0.4, 0.5) is 5.13 Å². The molecule has 158 valence electrons. The molecule has 1 N–H and O–H groups in total. The van der Waals surface area contributed by atoms with Gasteiger partial charge in [0, 0.05) is 23.9 Å². The number of thiazole rings is 1. The molecule has 0 saturated heterocycles. The largest absolute Gasteiger partial charge is 0.306 e. The summed E-state index contributed by atoms with van der Waals surface area (Å²) in [7, 11) is 0. The third-order valence-electron chi connectivity index (χ3n) is 4.74. The molecule has 0 unspecified atom stereocenters. The number of aryl methyl sites for hydroxylation is 1. The highest BCUT2D eigenvalue weighted by atomic mass is 32.2. The molecule has 1 amide bonds. The molecule has 2 heterocycles. The lowest BCUT2D eigenvalue weighted by atomic mass is 10.1. The summed E-state index contributed by atoms with van der Waals surface area (Å²) in [6, 6.07) is 18.4. The third-order valence-corrected chi connectivity index (χ3v) is 6.47. The lowest BCUT2D eigenvalue weighted by Crippen LogP contribution is -2.14. The summed E-state index contributed by atoms with van der Waals surface area (Å²) in [5, 5.41) is 14.8. The molecule has 2 aromatic heterocycles. The van der Waals surface area contributed by atoms with Crippen LogP contribution in [-0.2, 0) is 17.8 Å². The molecule has 4 rings (SSSR count). The Morgan fingerprint density at radius 2 is 1.87 bits per heavy atom. The van der Waals surface area contributed by atoms with E-state index in [-0.39, 0.29) is 11.7 Å². The zero-order valence-corrected chi connectivity index (χ0v) is 19.0. The molecule has 0 aliphatic carbocycles. The molecule has 0 spiro atoms. The lowest BCUT2D eigenvalue weighted by Gasteiger charge is -2.07. The van der Waals surface area contributed by atoms with Crippen molar-refractivity contribution in [2.45, 2.75) is 32.0 Å². The summed E-state index contributed by atoms with van der Waals surface area (Å²) in [4.78, 5) is 17.0. The fourth-order valence-corrected chi connectivity index (χ4v) is 4.68. The molecule has 0 aliphatic heterocycles. The zero-order chi connectivity index (χ0) is 21.6. The van der Waals surface area contributed by atoms with E-state index in [0.717, 1.165) is 35.2 Å². The van der Waals surface area contributed by atoms with Crippen LogP contribution in [0, 0.1) is 6.92 Å². The van der Waals surface area contributed by atoms with E-state index in [0.29, 0.717) is 5.13 Å². The van der Waals surface area contributed by atoms with Crippen molar-refractivity contribution in [3.63, 3.8) is 0 Å². The van der Waals surface area contributed by atoms with E-state index in [2.05, 4.69) is 63.2 Å². The smallest absolute Gasteiger partial charge is 0.236 e. The predicted molar refractivity (Wildman–Crippen MR) is 127 cm³/mol. The first-order chi connectivity index (χ1) is 15.1. The SMILES string of the molecule is CCn1c(Cc2ccccc2)nnc1SCC(=O)Nc1nc(-c2ccc(C)cc2)cs1. The fourth-order valence-electron chi connectivity index (χ4n) is 3.13. The second kappa shape index (κ2) is 9.89. The van der Waals surface area contributed by atoms with Gasteiger partial charge >= 0.3 is 0 Å². The van der Waals surface area contributed by atoms with Crippen LogP contribution in [0.2, 0.25) is 0 Å². The van der Waals surface area contributed by atoms with Gasteiger partial charge in [0.25, 0.3) is 0 Å². The van der Waals surface area contributed by atoms with E-state index in [9.17, 15) is 4.79 Å². The predicted octanol–water partition coefficient (Wildman–Crippen LogP) is 5.05.